The van der Waals surface area contributed by atoms with E-state index in [0.29, 0.717) is 17.9 Å². The molecule has 1 aliphatic heterocycles. The molecule has 0 spiro atoms. The molecular formula is C9H17NO. The molecule has 0 aromatic carbocycles. The van der Waals surface area contributed by atoms with Gasteiger partial charge in [-0.15, -0.1) is 0 Å². The van der Waals surface area contributed by atoms with Crippen molar-refractivity contribution in [3.63, 3.8) is 0 Å². The second kappa shape index (κ2) is 2.84. The molecule has 1 atom stereocenters. The van der Waals surface area contributed by atoms with Crippen molar-refractivity contribution in [3.05, 3.63) is 0 Å². The fourth-order valence-electron chi connectivity index (χ4n) is 1.31. The lowest BCUT2D eigenvalue weighted by Gasteiger charge is -2.08. The van der Waals surface area contributed by atoms with Crippen molar-refractivity contribution in [2.45, 2.75) is 33.7 Å². The predicted octanol–water partition coefficient (Wildman–Crippen LogP) is 1.51. The Morgan fingerprint density at radius 1 is 1.36 bits per heavy atom. The van der Waals surface area contributed by atoms with Crippen LogP contribution in [0.1, 0.15) is 27.7 Å². The number of rotatable bonds is 2. The standard InChI is InChI=1S/C9H17NO/c1-6(2)8-5-10(8)9(11)7(3)4/h6-8H,5H2,1-4H3. The van der Waals surface area contributed by atoms with Gasteiger partial charge >= 0.3 is 0 Å². The first-order valence-electron chi connectivity index (χ1n) is 4.34. The van der Waals surface area contributed by atoms with Crippen LogP contribution in [0.4, 0.5) is 0 Å². The van der Waals surface area contributed by atoms with E-state index < -0.39 is 0 Å². The van der Waals surface area contributed by atoms with Crippen LogP contribution in [0.25, 0.3) is 0 Å². The van der Waals surface area contributed by atoms with Gasteiger partial charge in [0.25, 0.3) is 0 Å². The molecule has 1 unspecified atom stereocenters. The molecule has 2 heteroatoms. The van der Waals surface area contributed by atoms with Crippen molar-refractivity contribution in [2.24, 2.45) is 11.8 Å². The number of amides is 1. The maximum Gasteiger partial charge on any atom is 0.225 e. The third-order valence-corrected chi connectivity index (χ3v) is 2.20. The molecule has 2 nitrogen and oxygen atoms in total. The Labute approximate surface area is 68.6 Å². The first kappa shape index (κ1) is 8.57. The zero-order valence-corrected chi connectivity index (χ0v) is 7.79. The largest absolute Gasteiger partial charge is 0.335 e. The lowest BCUT2D eigenvalue weighted by Crippen LogP contribution is -2.20. The van der Waals surface area contributed by atoms with Crippen LogP contribution >= 0.6 is 0 Å². The smallest absolute Gasteiger partial charge is 0.225 e. The molecule has 1 aliphatic rings. The Morgan fingerprint density at radius 2 is 1.91 bits per heavy atom. The first-order valence-corrected chi connectivity index (χ1v) is 4.34. The van der Waals surface area contributed by atoms with Crippen LogP contribution in [0.15, 0.2) is 0 Å². The second-order valence-electron chi connectivity index (χ2n) is 3.96. The highest BCUT2D eigenvalue weighted by atomic mass is 16.2. The highest BCUT2D eigenvalue weighted by Crippen LogP contribution is 2.26. The second-order valence-corrected chi connectivity index (χ2v) is 3.96. The van der Waals surface area contributed by atoms with Crippen molar-refractivity contribution in [1.29, 1.82) is 0 Å². The molecule has 0 aliphatic carbocycles. The summed E-state index contributed by atoms with van der Waals surface area (Å²) in [6.07, 6.45) is 0. The van der Waals surface area contributed by atoms with Crippen LogP contribution < -0.4 is 0 Å². The molecule has 1 amide bonds. The van der Waals surface area contributed by atoms with Gasteiger partial charge in [0.2, 0.25) is 5.91 Å². The Hall–Kier alpha value is -0.530. The molecule has 64 valence electrons. The van der Waals surface area contributed by atoms with Gasteiger partial charge in [-0.05, 0) is 5.92 Å². The third-order valence-electron chi connectivity index (χ3n) is 2.20. The first-order chi connectivity index (χ1) is 5.04. The van der Waals surface area contributed by atoms with E-state index >= 15 is 0 Å². The number of carbonyl (C=O) groups excluding carboxylic acids is 1. The van der Waals surface area contributed by atoms with Gasteiger partial charge in [0.1, 0.15) is 0 Å². The molecule has 0 radical (unpaired) electrons. The Kier molecular flexibility index (Phi) is 2.21. The molecular weight excluding hydrogens is 138 g/mol. The molecule has 11 heavy (non-hydrogen) atoms. The Morgan fingerprint density at radius 3 is 2.18 bits per heavy atom. The van der Waals surface area contributed by atoms with E-state index in [0.717, 1.165) is 6.54 Å². The predicted molar refractivity (Wildman–Crippen MR) is 45.2 cm³/mol. The van der Waals surface area contributed by atoms with Crippen LogP contribution in [0.5, 0.6) is 0 Å². The number of hydrogen-bond acceptors (Lipinski definition) is 1. The van der Waals surface area contributed by atoms with E-state index in [1.807, 2.05) is 18.7 Å². The zero-order valence-electron chi connectivity index (χ0n) is 7.79. The molecule has 1 fully saturated rings. The van der Waals surface area contributed by atoms with Crippen molar-refractivity contribution in [1.82, 2.24) is 4.90 Å². The minimum Gasteiger partial charge on any atom is -0.335 e. The number of hydrogen-bond donors (Lipinski definition) is 0. The minimum absolute atomic E-state index is 0.166. The molecule has 0 N–H and O–H groups in total. The molecule has 0 bridgehead atoms. The van der Waals surface area contributed by atoms with Crippen LogP contribution in [0.2, 0.25) is 0 Å². The monoisotopic (exact) mass is 155 g/mol. The van der Waals surface area contributed by atoms with Crippen molar-refractivity contribution < 1.29 is 4.79 Å². The van der Waals surface area contributed by atoms with E-state index in [4.69, 9.17) is 0 Å². The average Bonchev–Trinajstić information content (AvgIpc) is 2.63. The molecule has 0 aromatic heterocycles. The number of carbonyl (C=O) groups is 1. The fourth-order valence-corrected chi connectivity index (χ4v) is 1.31. The SMILES string of the molecule is CC(C)C(=O)N1CC1C(C)C. The average molecular weight is 155 g/mol. The highest BCUT2D eigenvalue weighted by molar-refractivity contribution is 5.80. The number of nitrogens with zero attached hydrogens (tertiary/aromatic N) is 1. The lowest BCUT2D eigenvalue weighted by molar-refractivity contribution is -0.129. The summed E-state index contributed by atoms with van der Waals surface area (Å²) in [5.41, 5.74) is 0. The van der Waals surface area contributed by atoms with E-state index in [1.165, 1.54) is 0 Å². The van der Waals surface area contributed by atoms with E-state index in [1.54, 1.807) is 0 Å². The normalized spacial score (nSPS) is 23.1. The van der Waals surface area contributed by atoms with Crippen LogP contribution in [0.3, 0.4) is 0 Å². The topological polar surface area (TPSA) is 20.1 Å². The molecule has 1 heterocycles. The van der Waals surface area contributed by atoms with Gasteiger partial charge in [0.05, 0.1) is 6.04 Å². The van der Waals surface area contributed by atoms with E-state index in [9.17, 15) is 4.79 Å². The van der Waals surface area contributed by atoms with Gasteiger partial charge in [0.15, 0.2) is 0 Å². The quantitative estimate of drug-likeness (QED) is 0.553. The summed E-state index contributed by atoms with van der Waals surface area (Å²) < 4.78 is 0. The van der Waals surface area contributed by atoms with Gasteiger partial charge in [-0.3, -0.25) is 4.79 Å². The molecule has 0 aromatic rings. The fraction of sp³-hybridized carbons (Fsp3) is 0.889. The zero-order chi connectivity index (χ0) is 8.59. The summed E-state index contributed by atoms with van der Waals surface area (Å²) >= 11 is 0. The molecule has 1 saturated heterocycles. The third kappa shape index (κ3) is 1.73. The molecule has 1 rings (SSSR count). The summed E-state index contributed by atoms with van der Waals surface area (Å²) in [5, 5.41) is 0. The van der Waals surface area contributed by atoms with Crippen molar-refractivity contribution >= 4 is 5.91 Å². The summed E-state index contributed by atoms with van der Waals surface area (Å²) in [6, 6.07) is 0.532. The Bertz CT molecular complexity index is 163. The Balaban J connectivity index is 2.38. The van der Waals surface area contributed by atoms with Gasteiger partial charge in [0, 0.05) is 12.5 Å². The van der Waals surface area contributed by atoms with E-state index in [2.05, 4.69) is 13.8 Å². The highest BCUT2D eigenvalue weighted by Gasteiger charge is 2.40. The van der Waals surface area contributed by atoms with Crippen molar-refractivity contribution in [2.75, 3.05) is 6.54 Å². The molecule has 0 saturated carbocycles. The van der Waals surface area contributed by atoms with Gasteiger partial charge in [-0.25, -0.2) is 0 Å². The summed E-state index contributed by atoms with van der Waals surface area (Å²) in [7, 11) is 0. The van der Waals surface area contributed by atoms with Gasteiger partial charge in [-0.2, -0.15) is 0 Å². The maximum absolute atomic E-state index is 11.3. The van der Waals surface area contributed by atoms with Gasteiger partial charge in [-0.1, -0.05) is 27.7 Å². The van der Waals surface area contributed by atoms with Gasteiger partial charge < -0.3 is 4.90 Å². The van der Waals surface area contributed by atoms with Crippen LogP contribution in [0, 0.1) is 11.8 Å². The summed E-state index contributed by atoms with van der Waals surface area (Å²) in [6.45, 7) is 9.22. The maximum atomic E-state index is 11.3. The lowest BCUT2D eigenvalue weighted by atomic mass is 10.1. The van der Waals surface area contributed by atoms with Crippen molar-refractivity contribution in [3.8, 4) is 0 Å². The summed E-state index contributed by atoms with van der Waals surface area (Å²) in [5.74, 6) is 1.10. The summed E-state index contributed by atoms with van der Waals surface area (Å²) in [4.78, 5) is 13.3. The van der Waals surface area contributed by atoms with E-state index in [-0.39, 0.29) is 5.92 Å². The minimum atomic E-state index is 0.166. The van der Waals surface area contributed by atoms with Crippen LogP contribution in [-0.2, 0) is 4.79 Å². The van der Waals surface area contributed by atoms with Crippen LogP contribution in [-0.4, -0.2) is 23.4 Å².